The molecule has 0 spiro atoms. The smallest absolute Gasteiger partial charge is 0.260 e. The predicted molar refractivity (Wildman–Crippen MR) is 99.0 cm³/mol. The maximum atomic E-state index is 12.2. The van der Waals surface area contributed by atoms with Gasteiger partial charge in [0.2, 0.25) is 0 Å². The molecule has 0 aliphatic carbocycles. The Morgan fingerprint density at radius 3 is 2.76 bits per heavy atom. The molecule has 3 rings (SSSR count). The van der Waals surface area contributed by atoms with E-state index in [1.807, 2.05) is 43.3 Å². The van der Waals surface area contributed by atoms with Crippen LogP contribution in [-0.2, 0) is 11.3 Å². The molecular weight excluding hydrogens is 338 g/mol. The van der Waals surface area contributed by atoms with Gasteiger partial charge in [0.05, 0.1) is 16.1 Å². The molecule has 1 N–H and O–H groups in total. The highest BCUT2D eigenvalue weighted by Gasteiger charge is 2.15. The number of ether oxygens (including phenoxy) is 1. The Bertz CT molecular complexity index is 891. The van der Waals surface area contributed by atoms with Crippen molar-refractivity contribution in [1.82, 2.24) is 14.9 Å². The highest BCUT2D eigenvalue weighted by Crippen LogP contribution is 2.24. The van der Waals surface area contributed by atoms with E-state index < -0.39 is 6.10 Å². The van der Waals surface area contributed by atoms with Gasteiger partial charge in [-0.3, -0.25) is 4.79 Å². The first-order valence-electron chi connectivity index (χ1n) is 8.17. The second-order valence-corrected chi connectivity index (χ2v) is 6.19. The van der Waals surface area contributed by atoms with E-state index in [-0.39, 0.29) is 5.91 Å². The molecule has 1 atom stereocenters. The summed E-state index contributed by atoms with van der Waals surface area (Å²) >= 11 is 6.05. The number of amides is 1. The van der Waals surface area contributed by atoms with Crippen molar-refractivity contribution in [2.75, 3.05) is 6.54 Å². The maximum Gasteiger partial charge on any atom is 0.260 e. The summed E-state index contributed by atoms with van der Waals surface area (Å²) in [6.45, 7) is 4.81. The van der Waals surface area contributed by atoms with Gasteiger partial charge < -0.3 is 14.6 Å². The van der Waals surface area contributed by atoms with Crippen LogP contribution in [0.15, 0.2) is 48.5 Å². The van der Waals surface area contributed by atoms with Crippen molar-refractivity contribution >= 4 is 28.5 Å². The van der Waals surface area contributed by atoms with Crippen molar-refractivity contribution in [3.63, 3.8) is 0 Å². The summed E-state index contributed by atoms with van der Waals surface area (Å²) in [5, 5.41) is 3.39. The number of benzene rings is 2. The number of aromatic nitrogens is 2. The second-order valence-electron chi connectivity index (χ2n) is 5.78. The number of fused-ring (bicyclic) bond motifs is 1. The molecule has 1 amide bonds. The Labute approximate surface area is 151 Å². The van der Waals surface area contributed by atoms with Crippen molar-refractivity contribution in [1.29, 1.82) is 0 Å². The van der Waals surface area contributed by atoms with E-state index >= 15 is 0 Å². The first kappa shape index (κ1) is 17.3. The quantitative estimate of drug-likeness (QED) is 0.733. The standard InChI is InChI=1S/C19H20ClN3O2/c1-13(25-18-10-6-3-7-15(18)20)19(24)21-11-12-23-14(2)22-16-8-4-5-9-17(16)23/h3-10,13H,11-12H2,1-2H3,(H,21,24). The maximum absolute atomic E-state index is 12.2. The number of carbonyl (C=O) groups excluding carboxylic acids is 1. The van der Waals surface area contributed by atoms with Crippen LogP contribution < -0.4 is 10.1 Å². The van der Waals surface area contributed by atoms with E-state index in [0.29, 0.717) is 23.9 Å². The highest BCUT2D eigenvalue weighted by molar-refractivity contribution is 6.32. The van der Waals surface area contributed by atoms with E-state index in [2.05, 4.69) is 14.9 Å². The summed E-state index contributed by atoms with van der Waals surface area (Å²) in [6, 6.07) is 15.1. The molecule has 130 valence electrons. The van der Waals surface area contributed by atoms with Crippen molar-refractivity contribution < 1.29 is 9.53 Å². The lowest BCUT2D eigenvalue weighted by Gasteiger charge is -2.16. The summed E-state index contributed by atoms with van der Waals surface area (Å²) in [4.78, 5) is 16.8. The molecule has 5 nitrogen and oxygen atoms in total. The van der Waals surface area contributed by atoms with Crippen LogP contribution in [0.1, 0.15) is 12.7 Å². The van der Waals surface area contributed by atoms with Gasteiger partial charge in [0.1, 0.15) is 11.6 Å². The Morgan fingerprint density at radius 2 is 1.96 bits per heavy atom. The fourth-order valence-electron chi connectivity index (χ4n) is 2.70. The number of carbonyl (C=O) groups is 1. The molecule has 1 aromatic heterocycles. The Kier molecular flexibility index (Phi) is 5.24. The normalized spacial score (nSPS) is 12.1. The zero-order valence-corrected chi connectivity index (χ0v) is 15.0. The molecule has 0 aliphatic rings. The van der Waals surface area contributed by atoms with Gasteiger partial charge in [0, 0.05) is 13.1 Å². The highest BCUT2D eigenvalue weighted by atomic mass is 35.5. The van der Waals surface area contributed by atoms with Crippen LogP contribution in [0.5, 0.6) is 5.75 Å². The van der Waals surface area contributed by atoms with Crippen LogP contribution in [0.25, 0.3) is 11.0 Å². The number of para-hydroxylation sites is 3. The van der Waals surface area contributed by atoms with Gasteiger partial charge in [-0.05, 0) is 38.1 Å². The van der Waals surface area contributed by atoms with E-state index in [0.717, 1.165) is 16.9 Å². The van der Waals surface area contributed by atoms with Gasteiger partial charge in [-0.15, -0.1) is 0 Å². The Hall–Kier alpha value is -2.53. The molecule has 6 heteroatoms. The Morgan fingerprint density at radius 1 is 1.24 bits per heavy atom. The van der Waals surface area contributed by atoms with E-state index in [9.17, 15) is 4.79 Å². The number of rotatable bonds is 6. The van der Waals surface area contributed by atoms with Gasteiger partial charge in [-0.25, -0.2) is 4.98 Å². The minimum atomic E-state index is -0.625. The van der Waals surface area contributed by atoms with Crippen molar-refractivity contribution in [3.05, 3.63) is 59.4 Å². The fraction of sp³-hybridized carbons (Fsp3) is 0.263. The average Bonchev–Trinajstić information content (AvgIpc) is 2.92. The summed E-state index contributed by atoms with van der Waals surface area (Å²) in [6.07, 6.45) is -0.625. The first-order chi connectivity index (χ1) is 12.1. The zero-order valence-electron chi connectivity index (χ0n) is 14.2. The van der Waals surface area contributed by atoms with Crippen LogP contribution in [0.2, 0.25) is 5.02 Å². The minimum absolute atomic E-state index is 0.179. The van der Waals surface area contributed by atoms with Crippen molar-refractivity contribution in [3.8, 4) is 5.75 Å². The molecular formula is C19H20ClN3O2. The van der Waals surface area contributed by atoms with E-state index in [4.69, 9.17) is 16.3 Å². The lowest BCUT2D eigenvalue weighted by atomic mass is 10.3. The van der Waals surface area contributed by atoms with Gasteiger partial charge in [0.25, 0.3) is 5.91 Å². The molecule has 1 heterocycles. The Balaban J connectivity index is 1.57. The molecule has 2 aromatic carbocycles. The molecule has 25 heavy (non-hydrogen) atoms. The monoisotopic (exact) mass is 357 g/mol. The summed E-state index contributed by atoms with van der Waals surface area (Å²) in [5.74, 6) is 1.25. The van der Waals surface area contributed by atoms with Crippen LogP contribution in [-0.4, -0.2) is 28.1 Å². The summed E-state index contributed by atoms with van der Waals surface area (Å²) < 4.78 is 7.72. The number of nitrogens with zero attached hydrogens (tertiary/aromatic N) is 2. The lowest BCUT2D eigenvalue weighted by Crippen LogP contribution is -2.38. The third-order valence-corrected chi connectivity index (χ3v) is 4.30. The largest absolute Gasteiger partial charge is 0.479 e. The molecule has 0 bridgehead atoms. The number of hydrogen-bond donors (Lipinski definition) is 1. The number of hydrogen-bond acceptors (Lipinski definition) is 3. The summed E-state index contributed by atoms with van der Waals surface area (Å²) in [7, 11) is 0. The zero-order chi connectivity index (χ0) is 17.8. The third-order valence-electron chi connectivity index (χ3n) is 3.99. The van der Waals surface area contributed by atoms with Gasteiger partial charge in [-0.1, -0.05) is 35.9 Å². The lowest BCUT2D eigenvalue weighted by molar-refractivity contribution is -0.127. The number of aryl methyl sites for hydroxylation is 1. The van der Waals surface area contributed by atoms with Crippen LogP contribution in [0.3, 0.4) is 0 Å². The van der Waals surface area contributed by atoms with Crippen molar-refractivity contribution in [2.45, 2.75) is 26.5 Å². The van der Waals surface area contributed by atoms with Gasteiger partial charge in [-0.2, -0.15) is 0 Å². The predicted octanol–water partition coefficient (Wildman–Crippen LogP) is 3.58. The first-order valence-corrected chi connectivity index (χ1v) is 8.55. The molecule has 0 aliphatic heterocycles. The third kappa shape index (κ3) is 3.94. The molecule has 0 saturated heterocycles. The molecule has 0 radical (unpaired) electrons. The number of imidazole rings is 1. The van der Waals surface area contributed by atoms with Crippen LogP contribution in [0.4, 0.5) is 0 Å². The van der Waals surface area contributed by atoms with E-state index in [1.165, 1.54) is 0 Å². The molecule has 0 saturated carbocycles. The topological polar surface area (TPSA) is 56.2 Å². The SMILES string of the molecule is Cc1nc2ccccc2n1CCNC(=O)C(C)Oc1ccccc1Cl. The molecule has 1 unspecified atom stereocenters. The summed E-state index contributed by atoms with van der Waals surface area (Å²) in [5.41, 5.74) is 2.02. The van der Waals surface area contributed by atoms with Gasteiger partial charge in [0.15, 0.2) is 6.10 Å². The van der Waals surface area contributed by atoms with Crippen molar-refractivity contribution in [2.24, 2.45) is 0 Å². The molecule has 3 aromatic rings. The fourth-order valence-corrected chi connectivity index (χ4v) is 2.88. The van der Waals surface area contributed by atoms with E-state index in [1.54, 1.807) is 19.1 Å². The molecule has 0 fully saturated rings. The average molecular weight is 358 g/mol. The van der Waals surface area contributed by atoms with Gasteiger partial charge >= 0.3 is 0 Å². The minimum Gasteiger partial charge on any atom is -0.479 e. The van der Waals surface area contributed by atoms with Crippen LogP contribution >= 0.6 is 11.6 Å². The second kappa shape index (κ2) is 7.57. The number of nitrogens with one attached hydrogen (secondary N) is 1. The van der Waals surface area contributed by atoms with Crippen LogP contribution in [0, 0.1) is 6.92 Å². The number of halogens is 1.